The molecule has 0 amide bonds. The van der Waals surface area contributed by atoms with Crippen LogP contribution in [0, 0.1) is 3.70 Å². The highest BCUT2D eigenvalue weighted by molar-refractivity contribution is 14.1. The molecule has 82 valence electrons. The van der Waals surface area contributed by atoms with Crippen LogP contribution in [0.2, 0.25) is 0 Å². The van der Waals surface area contributed by atoms with Gasteiger partial charge in [0.2, 0.25) is 0 Å². The minimum absolute atomic E-state index is 0.884. The lowest BCUT2D eigenvalue weighted by Crippen LogP contribution is -2.21. The Hall–Kier alpha value is -1.24. The zero-order valence-electron chi connectivity index (χ0n) is 8.81. The number of nitrogens with zero attached hydrogens (tertiary/aromatic N) is 3. The molecule has 1 aromatic heterocycles. The molecule has 3 rings (SSSR count). The second-order valence-corrected chi connectivity index (χ2v) is 4.90. The van der Waals surface area contributed by atoms with E-state index < -0.39 is 0 Å². The average molecular weight is 326 g/mol. The Morgan fingerprint density at radius 3 is 3.00 bits per heavy atom. The van der Waals surface area contributed by atoms with E-state index in [4.69, 9.17) is 0 Å². The van der Waals surface area contributed by atoms with Crippen molar-refractivity contribution in [3.63, 3.8) is 0 Å². The van der Waals surface area contributed by atoms with Crippen molar-refractivity contribution in [2.75, 3.05) is 18.6 Å². The van der Waals surface area contributed by atoms with Crippen LogP contribution in [0.4, 0.5) is 5.69 Å². The van der Waals surface area contributed by atoms with E-state index >= 15 is 0 Å². The minimum atomic E-state index is 0.884. The molecule has 0 spiro atoms. The molecule has 1 N–H and O–H groups in total. The van der Waals surface area contributed by atoms with Gasteiger partial charge in [0.25, 0.3) is 0 Å². The van der Waals surface area contributed by atoms with Gasteiger partial charge in [-0.2, -0.15) is 5.10 Å². The van der Waals surface area contributed by atoms with Gasteiger partial charge in [0.15, 0.2) is 0 Å². The molecule has 2 aromatic rings. The Morgan fingerprint density at radius 2 is 2.25 bits per heavy atom. The van der Waals surface area contributed by atoms with Crippen molar-refractivity contribution in [1.29, 1.82) is 0 Å². The maximum atomic E-state index is 4.24. The number of para-hydroxylation sites is 1. The van der Waals surface area contributed by atoms with Crippen LogP contribution < -0.4 is 4.90 Å². The van der Waals surface area contributed by atoms with E-state index in [0.29, 0.717) is 0 Å². The van der Waals surface area contributed by atoms with Crippen LogP contribution in [0.25, 0.3) is 10.9 Å². The first-order chi connectivity index (χ1) is 7.75. The topological polar surface area (TPSA) is 35.2 Å². The summed E-state index contributed by atoms with van der Waals surface area (Å²) in [6.07, 6.45) is 4.16. The van der Waals surface area contributed by atoms with Crippen molar-refractivity contribution >= 4 is 39.2 Å². The Balaban J connectivity index is 2.13. The fourth-order valence-electron chi connectivity index (χ4n) is 1.92. The van der Waals surface area contributed by atoms with Crippen molar-refractivity contribution in [3.8, 4) is 0 Å². The molecule has 16 heavy (non-hydrogen) atoms. The van der Waals surface area contributed by atoms with E-state index in [2.05, 4.69) is 80.2 Å². The first kappa shape index (κ1) is 9.95. The van der Waals surface area contributed by atoms with Gasteiger partial charge in [0.05, 0.1) is 17.9 Å². The van der Waals surface area contributed by atoms with Crippen molar-refractivity contribution in [3.05, 3.63) is 34.3 Å². The summed E-state index contributed by atoms with van der Waals surface area (Å²) in [6, 6.07) is 6.27. The fourth-order valence-corrected chi connectivity index (χ4v) is 2.49. The van der Waals surface area contributed by atoms with Crippen LogP contribution in [0.15, 0.2) is 30.6 Å². The van der Waals surface area contributed by atoms with Gasteiger partial charge < -0.3 is 9.80 Å². The van der Waals surface area contributed by atoms with Gasteiger partial charge in [-0.05, 0) is 34.7 Å². The predicted molar refractivity (Wildman–Crippen MR) is 73.1 cm³/mol. The maximum absolute atomic E-state index is 4.24. The van der Waals surface area contributed by atoms with Gasteiger partial charge in [-0.3, -0.25) is 5.10 Å². The van der Waals surface area contributed by atoms with E-state index in [1.54, 1.807) is 0 Å². The summed E-state index contributed by atoms with van der Waals surface area (Å²) < 4.78 is 1.02. The zero-order chi connectivity index (χ0) is 11.1. The van der Waals surface area contributed by atoms with Crippen LogP contribution in [-0.2, 0) is 0 Å². The molecule has 0 bridgehead atoms. The Labute approximate surface area is 107 Å². The minimum Gasteiger partial charge on any atom is -0.361 e. The van der Waals surface area contributed by atoms with E-state index in [1.165, 1.54) is 11.1 Å². The highest BCUT2D eigenvalue weighted by Gasteiger charge is 2.15. The number of hydrogen-bond donors (Lipinski definition) is 1. The largest absolute Gasteiger partial charge is 0.361 e. The van der Waals surface area contributed by atoms with Gasteiger partial charge in [0, 0.05) is 24.8 Å². The monoisotopic (exact) mass is 326 g/mol. The zero-order valence-corrected chi connectivity index (χ0v) is 11.0. The van der Waals surface area contributed by atoms with Crippen LogP contribution in [0.1, 0.15) is 0 Å². The van der Waals surface area contributed by atoms with Gasteiger partial charge in [-0.15, -0.1) is 0 Å². The van der Waals surface area contributed by atoms with Gasteiger partial charge in [-0.25, -0.2) is 0 Å². The first-order valence-corrected chi connectivity index (χ1v) is 6.11. The average Bonchev–Trinajstić information content (AvgIpc) is 2.86. The number of rotatable bonds is 1. The number of H-pyrrole nitrogens is 1. The summed E-state index contributed by atoms with van der Waals surface area (Å²) in [5.41, 5.74) is 2.28. The summed E-state index contributed by atoms with van der Waals surface area (Å²) in [4.78, 5) is 4.34. The van der Waals surface area contributed by atoms with Crippen LogP contribution >= 0.6 is 22.6 Å². The molecule has 5 heteroatoms. The maximum Gasteiger partial charge on any atom is 0.131 e. The molecule has 0 radical (unpaired) electrons. The molecular weight excluding hydrogens is 315 g/mol. The highest BCUT2D eigenvalue weighted by Crippen LogP contribution is 2.29. The van der Waals surface area contributed by atoms with Gasteiger partial charge >= 0.3 is 0 Å². The van der Waals surface area contributed by atoms with Gasteiger partial charge in [-0.1, -0.05) is 6.07 Å². The van der Waals surface area contributed by atoms with E-state index in [9.17, 15) is 0 Å². The summed E-state index contributed by atoms with van der Waals surface area (Å²) in [5, 5.41) is 8.52. The molecule has 0 saturated carbocycles. The number of fused-ring (bicyclic) bond motifs is 1. The molecular formula is C11H11IN4. The Bertz CT molecular complexity index is 560. The second kappa shape index (κ2) is 3.65. The second-order valence-electron chi connectivity index (χ2n) is 3.88. The van der Waals surface area contributed by atoms with Crippen molar-refractivity contribution in [2.24, 2.45) is 0 Å². The lowest BCUT2D eigenvalue weighted by molar-refractivity contribution is 0.496. The van der Waals surface area contributed by atoms with Crippen molar-refractivity contribution < 1.29 is 0 Å². The van der Waals surface area contributed by atoms with E-state index in [1.807, 2.05) is 0 Å². The lowest BCUT2D eigenvalue weighted by atomic mass is 10.2. The number of benzene rings is 1. The molecule has 0 saturated heterocycles. The molecule has 1 aliphatic rings. The van der Waals surface area contributed by atoms with Crippen LogP contribution in [0.3, 0.4) is 0 Å². The van der Waals surface area contributed by atoms with Gasteiger partial charge in [0.1, 0.15) is 3.70 Å². The standard InChI is InChI=1S/C11H11IN4/c1-15-5-6-16(7-15)9-4-2-3-8-10(9)13-14-11(8)12/h2-6H,7H2,1H3,(H,13,14). The molecule has 0 unspecified atom stereocenters. The molecule has 4 nitrogen and oxygen atoms in total. The quantitative estimate of drug-likeness (QED) is 0.817. The third-order valence-electron chi connectivity index (χ3n) is 2.72. The molecule has 0 fully saturated rings. The lowest BCUT2D eigenvalue weighted by Gasteiger charge is -2.18. The molecule has 0 atom stereocenters. The normalized spacial score (nSPS) is 15.4. The highest BCUT2D eigenvalue weighted by atomic mass is 127. The third kappa shape index (κ3) is 1.46. The number of nitrogens with one attached hydrogen (secondary N) is 1. The third-order valence-corrected chi connectivity index (χ3v) is 3.54. The number of aromatic nitrogens is 2. The van der Waals surface area contributed by atoms with Crippen molar-refractivity contribution in [2.45, 2.75) is 0 Å². The summed E-state index contributed by atoms with van der Waals surface area (Å²) >= 11 is 2.25. The van der Waals surface area contributed by atoms with Crippen LogP contribution in [-0.4, -0.2) is 28.8 Å². The molecule has 1 aliphatic heterocycles. The molecule has 0 aliphatic carbocycles. The fraction of sp³-hybridized carbons (Fsp3) is 0.182. The first-order valence-electron chi connectivity index (χ1n) is 5.03. The Morgan fingerprint density at radius 1 is 1.38 bits per heavy atom. The smallest absolute Gasteiger partial charge is 0.131 e. The van der Waals surface area contributed by atoms with E-state index in [0.717, 1.165) is 15.9 Å². The van der Waals surface area contributed by atoms with Crippen molar-refractivity contribution in [1.82, 2.24) is 15.1 Å². The van der Waals surface area contributed by atoms with E-state index in [-0.39, 0.29) is 0 Å². The SMILES string of the molecule is CN1C=CN(c2cccc3c(I)n[nH]c23)C1. The number of hydrogen-bond acceptors (Lipinski definition) is 3. The predicted octanol–water partition coefficient (Wildman–Crippen LogP) is 2.35. The number of aromatic amines is 1. The number of halogens is 1. The Kier molecular flexibility index (Phi) is 2.27. The summed E-state index contributed by atoms with van der Waals surface area (Å²) in [6.45, 7) is 0.884. The molecule has 1 aromatic carbocycles. The molecule has 2 heterocycles. The summed E-state index contributed by atoms with van der Waals surface area (Å²) in [7, 11) is 2.06. The summed E-state index contributed by atoms with van der Waals surface area (Å²) in [5.74, 6) is 0. The number of anilines is 1. The van der Waals surface area contributed by atoms with Crippen LogP contribution in [0.5, 0.6) is 0 Å².